The Morgan fingerprint density at radius 2 is 1.92 bits per heavy atom. The average Bonchev–Trinajstić information content (AvgIpc) is 3.22. The molecule has 0 atom stereocenters. The number of rotatable bonds is 8. The lowest BCUT2D eigenvalue weighted by Gasteiger charge is -2.03. The fraction of sp³-hybridized carbons (Fsp3) is 0.316. The van der Waals surface area contributed by atoms with E-state index >= 15 is 0 Å². The Morgan fingerprint density at radius 1 is 1.08 bits per heavy atom. The van der Waals surface area contributed by atoms with Crippen LogP contribution in [0.2, 0.25) is 0 Å². The Kier molecular flexibility index (Phi) is 5.94. The Labute approximate surface area is 154 Å². The van der Waals surface area contributed by atoms with Gasteiger partial charge in [0.05, 0.1) is 20.1 Å². The molecule has 0 bridgehead atoms. The van der Waals surface area contributed by atoms with Crippen LogP contribution in [0.15, 0.2) is 36.4 Å². The van der Waals surface area contributed by atoms with Crippen molar-refractivity contribution in [1.82, 2.24) is 10.3 Å². The molecule has 6 heteroatoms. The largest absolute Gasteiger partial charge is 0.356 e. The second kappa shape index (κ2) is 8.36. The fourth-order valence-corrected chi connectivity index (χ4v) is 4.36. The summed E-state index contributed by atoms with van der Waals surface area (Å²) >= 11 is 3.18. The molecule has 25 heavy (non-hydrogen) atoms. The van der Waals surface area contributed by atoms with E-state index in [-0.39, 0.29) is 24.5 Å². The van der Waals surface area contributed by atoms with Gasteiger partial charge in [0.1, 0.15) is 0 Å². The van der Waals surface area contributed by atoms with E-state index in [9.17, 15) is 9.59 Å². The molecule has 0 fully saturated rings. The van der Waals surface area contributed by atoms with E-state index in [0.717, 1.165) is 33.1 Å². The zero-order chi connectivity index (χ0) is 17.6. The predicted molar refractivity (Wildman–Crippen MR) is 104 cm³/mol. The molecule has 0 aliphatic carbocycles. The maximum Gasteiger partial charge on any atom is 0.220 e. The molecule has 0 saturated carbocycles. The summed E-state index contributed by atoms with van der Waals surface area (Å²) in [7, 11) is 0. The van der Waals surface area contributed by atoms with Gasteiger partial charge in [-0.2, -0.15) is 0 Å². The van der Waals surface area contributed by atoms with Crippen LogP contribution >= 0.6 is 22.7 Å². The first-order chi connectivity index (χ1) is 12.1. The minimum Gasteiger partial charge on any atom is -0.356 e. The molecule has 0 aliphatic heterocycles. The number of carbonyl (C=O) groups excluding carboxylic acids is 2. The van der Waals surface area contributed by atoms with Crippen molar-refractivity contribution in [2.24, 2.45) is 0 Å². The molecule has 130 valence electrons. The number of nitrogens with one attached hydrogen (secondary N) is 1. The van der Waals surface area contributed by atoms with Crippen LogP contribution in [-0.2, 0) is 11.2 Å². The van der Waals surface area contributed by atoms with Crippen LogP contribution in [0.25, 0.3) is 10.2 Å². The summed E-state index contributed by atoms with van der Waals surface area (Å²) in [4.78, 5) is 30.3. The predicted octanol–water partition coefficient (Wildman–Crippen LogP) is 4.38. The number of aryl methyl sites for hydroxylation is 2. The standard InChI is InChI=1S/C19H20N2O2S2/c1-13-8-10-17(24-13)15(22)9-11-18(23)20-12-4-7-19-21-14-5-2-3-6-16(14)25-19/h2-3,5-6,8,10H,4,7,9,11-12H2,1H3,(H,20,23). The van der Waals surface area contributed by atoms with Gasteiger partial charge in [-0.25, -0.2) is 4.98 Å². The van der Waals surface area contributed by atoms with E-state index in [2.05, 4.69) is 16.4 Å². The van der Waals surface area contributed by atoms with Crippen LogP contribution in [0.5, 0.6) is 0 Å². The number of aromatic nitrogens is 1. The SMILES string of the molecule is Cc1ccc(C(=O)CCC(=O)NCCCc2nc3ccccc3s2)s1. The van der Waals surface area contributed by atoms with Crippen molar-refractivity contribution in [2.75, 3.05) is 6.54 Å². The molecule has 4 nitrogen and oxygen atoms in total. The van der Waals surface area contributed by atoms with Gasteiger partial charge >= 0.3 is 0 Å². The lowest BCUT2D eigenvalue weighted by molar-refractivity contribution is -0.121. The smallest absolute Gasteiger partial charge is 0.220 e. The van der Waals surface area contributed by atoms with E-state index in [1.807, 2.05) is 37.3 Å². The van der Waals surface area contributed by atoms with Crippen LogP contribution in [0, 0.1) is 6.92 Å². The number of hydrogen-bond donors (Lipinski definition) is 1. The summed E-state index contributed by atoms with van der Waals surface area (Å²) < 4.78 is 1.20. The number of thiazole rings is 1. The van der Waals surface area contributed by atoms with Gasteiger partial charge in [0, 0.05) is 30.7 Å². The molecule has 3 aromatic rings. The number of ketones is 1. The lowest BCUT2D eigenvalue weighted by atomic mass is 10.2. The molecule has 1 aromatic carbocycles. The Balaban J connectivity index is 1.35. The maximum absolute atomic E-state index is 12.0. The van der Waals surface area contributed by atoms with Gasteiger partial charge < -0.3 is 5.32 Å². The molecule has 0 saturated heterocycles. The third kappa shape index (κ3) is 4.96. The number of hydrogen-bond acceptors (Lipinski definition) is 5. The zero-order valence-corrected chi connectivity index (χ0v) is 15.7. The number of amides is 1. The minimum atomic E-state index is -0.0640. The molecule has 0 aliphatic rings. The summed E-state index contributed by atoms with van der Waals surface area (Å²) in [6, 6.07) is 11.9. The van der Waals surface area contributed by atoms with Gasteiger partial charge in [0.2, 0.25) is 5.91 Å². The highest BCUT2D eigenvalue weighted by molar-refractivity contribution is 7.18. The summed E-state index contributed by atoms with van der Waals surface area (Å²) in [5, 5.41) is 3.98. The third-order valence-corrected chi connectivity index (χ3v) is 5.96. The zero-order valence-electron chi connectivity index (χ0n) is 14.1. The highest BCUT2D eigenvalue weighted by Gasteiger charge is 2.11. The molecule has 2 heterocycles. The number of thiophene rings is 1. The molecule has 0 unspecified atom stereocenters. The van der Waals surface area contributed by atoms with E-state index in [1.54, 1.807) is 11.3 Å². The van der Waals surface area contributed by atoms with Crippen molar-refractivity contribution in [1.29, 1.82) is 0 Å². The first kappa shape index (κ1) is 17.8. The molecule has 1 N–H and O–H groups in total. The second-order valence-corrected chi connectivity index (χ2v) is 8.27. The molecular weight excluding hydrogens is 352 g/mol. The molecule has 3 rings (SSSR count). The van der Waals surface area contributed by atoms with Crippen molar-refractivity contribution >= 4 is 44.6 Å². The third-order valence-electron chi connectivity index (χ3n) is 3.82. The van der Waals surface area contributed by atoms with Crippen LogP contribution in [0.4, 0.5) is 0 Å². The number of benzene rings is 1. The second-order valence-electron chi connectivity index (χ2n) is 5.86. The van der Waals surface area contributed by atoms with Crippen molar-refractivity contribution in [3.8, 4) is 0 Å². The quantitative estimate of drug-likeness (QED) is 0.471. The van der Waals surface area contributed by atoms with Gasteiger partial charge in [-0.15, -0.1) is 22.7 Å². The molecule has 0 spiro atoms. The van der Waals surface area contributed by atoms with E-state index in [1.165, 1.54) is 16.0 Å². The molecule has 1 amide bonds. The van der Waals surface area contributed by atoms with Crippen molar-refractivity contribution < 1.29 is 9.59 Å². The van der Waals surface area contributed by atoms with Gasteiger partial charge in [0.25, 0.3) is 0 Å². The van der Waals surface area contributed by atoms with Crippen LogP contribution < -0.4 is 5.32 Å². The van der Waals surface area contributed by atoms with E-state index in [0.29, 0.717) is 6.54 Å². The number of fused-ring (bicyclic) bond motifs is 1. The van der Waals surface area contributed by atoms with E-state index < -0.39 is 0 Å². The Bertz CT molecular complexity index is 849. The summed E-state index contributed by atoms with van der Waals surface area (Å²) in [5.41, 5.74) is 1.04. The highest BCUT2D eigenvalue weighted by Crippen LogP contribution is 2.22. The minimum absolute atomic E-state index is 0.0442. The normalized spacial score (nSPS) is 10.9. The van der Waals surface area contributed by atoms with Gasteiger partial charge in [-0.05, 0) is 37.6 Å². The first-order valence-electron chi connectivity index (χ1n) is 8.32. The number of carbonyl (C=O) groups is 2. The van der Waals surface area contributed by atoms with Crippen LogP contribution in [0.3, 0.4) is 0 Å². The van der Waals surface area contributed by atoms with Gasteiger partial charge in [-0.1, -0.05) is 12.1 Å². The molecule has 2 aromatic heterocycles. The lowest BCUT2D eigenvalue weighted by Crippen LogP contribution is -2.25. The number of nitrogens with zero attached hydrogens (tertiary/aromatic N) is 1. The average molecular weight is 373 g/mol. The maximum atomic E-state index is 12.0. The number of Topliss-reactive ketones (excluding diaryl/α,β-unsaturated/α-hetero) is 1. The van der Waals surface area contributed by atoms with Crippen LogP contribution in [0.1, 0.15) is 38.8 Å². The van der Waals surface area contributed by atoms with Gasteiger partial charge in [0.15, 0.2) is 5.78 Å². The fourth-order valence-electron chi connectivity index (χ4n) is 2.52. The molecule has 0 radical (unpaired) electrons. The Hall–Kier alpha value is -2.05. The van der Waals surface area contributed by atoms with E-state index in [4.69, 9.17) is 0 Å². The highest BCUT2D eigenvalue weighted by atomic mass is 32.1. The monoisotopic (exact) mass is 372 g/mol. The molecular formula is C19H20N2O2S2. The number of para-hydroxylation sites is 1. The summed E-state index contributed by atoms with van der Waals surface area (Å²) in [6.07, 6.45) is 2.22. The van der Waals surface area contributed by atoms with Crippen LogP contribution in [-0.4, -0.2) is 23.2 Å². The summed E-state index contributed by atoms with van der Waals surface area (Å²) in [6.45, 7) is 2.58. The van der Waals surface area contributed by atoms with Crippen molar-refractivity contribution in [3.63, 3.8) is 0 Å². The Morgan fingerprint density at radius 3 is 2.68 bits per heavy atom. The first-order valence-corrected chi connectivity index (χ1v) is 9.96. The topological polar surface area (TPSA) is 59.1 Å². The summed E-state index contributed by atoms with van der Waals surface area (Å²) in [5.74, 6) is -0.0198. The van der Waals surface area contributed by atoms with Gasteiger partial charge in [-0.3, -0.25) is 9.59 Å². The van der Waals surface area contributed by atoms with Crippen molar-refractivity contribution in [3.05, 3.63) is 51.2 Å². The van der Waals surface area contributed by atoms with Crippen molar-refractivity contribution in [2.45, 2.75) is 32.6 Å².